The van der Waals surface area contributed by atoms with Crippen LogP contribution in [-0.4, -0.2) is 17.2 Å². The topological polar surface area (TPSA) is 40.7 Å². The predicted molar refractivity (Wildman–Crippen MR) is 50.2 cm³/mol. The molecule has 0 aliphatic rings. The average molecular weight is 167 g/mol. The number of nitrogens with one attached hydrogen (secondary N) is 2. The lowest BCUT2D eigenvalue weighted by molar-refractivity contribution is 0.755. The summed E-state index contributed by atoms with van der Waals surface area (Å²) in [6.45, 7) is 7.30. The van der Waals surface area contributed by atoms with Gasteiger partial charge in [0.2, 0.25) is 0 Å². The number of aromatic nitrogens is 2. The maximum atomic E-state index is 4.24. The van der Waals surface area contributed by atoms with Crippen molar-refractivity contribution in [2.75, 3.05) is 7.05 Å². The van der Waals surface area contributed by atoms with Crippen LogP contribution in [0.3, 0.4) is 0 Å². The second kappa shape index (κ2) is 3.72. The van der Waals surface area contributed by atoms with Gasteiger partial charge in [0.1, 0.15) is 0 Å². The fourth-order valence-corrected chi connectivity index (χ4v) is 1.56. The molecular weight excluding hydrogens is 150 g/mol. The molecule has 0 saturated carbocycles. The van der Waals surface area contributed by atoms with Gasteiger partial charge in [-0.1, -0.05) is 13.8 Å². The first kappa shape index (κ1) is 9.26. The van der Waals surface area contributed by atoms with E-state index >= 15 is 0 Å². The number of H-pyrrole nitrogens is 1. The third kappa shape index (κ3) is 1.67. The van der Waals surface area contributed by atoms with Crippen LogP contribution in [0.4, 0.5) is 0 Å². The van der Waals surface area contributed by atoms with Crippen LogP contribution in [0.2, 0.25) is 0 Å². The minimum absolute atomic E-state index is 0.548. The summed E-state index contributed by atoms with van der Waals surface area (Å²) in [5.74, 6) is 0.548. The van der Waals surface area contributed by atoms with Gasteiger partial charge in [-0.3, -0.25) is 5.10 Å². The standard InChI is InChI=1S/C9H17N3/c1-6(2)9-7(3)11-12-8(9)5-10-4/h6,10H,5H2,1-4H3,(H,11,12). The highest BCUT2D eigenvalue weighted by atomic mass is 15.1. The van der Waals surface area contributed by atoms with Crippen LogP contribution < -0.4 is 5.32 Å². The molecule has 0 spiro atoms. The van der Waals surface area contributed by atoms with Crippen molar-refractivity contribution in [3.63, 3.8) is 0 Å². The van der Waals surface area contributed by atoms with E-state index in [4.69, 9.17) is 0 Å². The molecule has 0 fully saturated rings. The van der Waals surface area contributed by atoms with Crippen LogP contribution in [0.1, 0.15) is 36.7 Å². The number of hydrogen-bond acceptors (Lipinski definition) is 2. The fourth-order valence-electron chi connectivity index (χ4n) is 1.56. The average Bonchev–Trinajstić information content (AvgIpc) is 2.32. The van der Waals surface area contributed by atoms with Gasteiger partial charge in [-0.05, 0) is 25.5 Å². The molecule has 1 aromatic rings. The van der Waals surface area contributed by atoms with Crippen molar-refractivity contribution in [3.05, 3.63) is 17.0 Å². The van der Waals surface area contributed by atoms with Gasteiger partial charge in [0, 0.05) is 12.2 Å². The summed E-state index contributed by atoms with van der Waals surface area (Å²) in [5.41, 5.74) is 3.68. The van der Waals surface area contributed by atoms with Gasteiger partial charge in [0.15, 0.2) is 0 Å². The summed E-state index contributed by atoms with van der Waals surface area (Å²) in [7, 11) is 1.94. The lowest BCUT2D eigenvalue weighted by Crippen LogP contribution is -2.08. The molecule has 0 aromatic carbocycles. The Morgan fingerprint density at radius 3 is 2.67 bits per heavy atom. The number of aromatic amines is 1. The SMILES string of the molecule is CNCc1n[nH]c(C)c1C(C)C. The lowest BCUT2D eigenvalue weighted by Gasteiger charge is -2.06. The number of nitrogens with zero attached hydrogens (tertiary/aromatic N) is 1. The minimum Gasteiger partial charge on any atom is -0.314 e. The Labute approximate surface area is 73.6 Å². The Balaban J connectivity index is 2.95. The second-order valence-electron chi connectivity index (χ2n) is 3.39. The molecule has 68 valence electrons. The summed E-state index contributed by atoms with van der Waals surface area (Å²) in [4.78, 5) is 0. The molecule has 0 amide bonds. The Bertz CT molecular complexity index is 250. The first-order valence-electron chi connectivity index (χ1n) is 4.35. The molecule has 2 N–H and O–H groups in total. The quantitative estimate of drug-likeness (QED) is 0.717. The van der Waals surface area contributed by atoms with Gasteiger partial charge in [-0.2, -0.15) is 5.10 Å². The molecule has 0 aliphatic heterocycles. The van der Waals surface area contributed by atoms with E-state index in [1.807, 2.05) is 7.05 Å². The molecule has 0 aliphatic carbocycles. The monoisotopic (exact) mass is 167 g/mol. The van der Waals surface area contributed by atoms with E-state index in [-0.39, 0.29) is 0 Å². The second-order valence-corrected chi connectivity index (χ2v) is 3.39. The molecule has 0 radical (unpaired) electrons. The van der Waals surface area contributed by atoms with Gasteiger partial charge in [0.05, 0.1) is 5.69 Å². The fraction of sp³-hybridized carbons (Fsp3) is 0.667. The van der Waals surface area contributed by atoms with Crippen molar-refractivity contribution in [3.8, 4) is 0 Å². The van der Waals surface area contributed by atoms with Gasteiger partial charge < -0.3 is 5.32 Å². The molecule has 3 heteroatoms. The van der Waals surface area contributed by atoms with Crippen LogP contribution in [0.15, 0.2) is 0 Å². The van der Waals surface area contributed by atoms with Crippen LogP contribution in [0, 0.1) is 6.92 Å². The first-order chi connectivity index (χ1) is 5.66. The predicted octanol–water partition coefficient (Wildman–Crippen LogP) is 1.56. The highest BCUT2D eigenvalue weighted by Gasteiger charge is 2.11. The third-order valence-corrected chi connectivity index (χ3v) is 2.00. The maximum absolute atomic E-state index is 4.24. The minimum atomic E-state index is 0.548. The van der Waals surface area contributed by atoms with E-state index in [1.54, 1.807) is 0 Å². The summed E-state index contributed by atoms with van der Waals surface area (Å²) < 4.78 is 0. The molecule has 0 bridgehead atoms. The first-order valence-corrected chi connectivity index (χ1v) is 4.35. The molecule has 12 heavy (non-hydrogen) atoms. The van der Waals surface area contributed by atoms with Gasteiger partial charge in [-0.15, -0.1) is 0 Å². The van der Waals surface area contributed by atoms with E-state index < -0.39 is 0 Å². The zero-order valence-electron chi connectivity index (χ0n) is 8.23. The molecule has 1 aromatic heterocycles. The van der Waals surface area contributed by atoms with Crippen molar-refractivity contribution in [1.82, 2.24) is 15.5 Å². The van der Waals surface area contributed by atoms with Crippen molar-refractivity contribution in [2.24, 2.45) is 0 Å². The summed E-state index contributed by atoms with van der Waals surface area (Å²) >= 11 is 0. The van der Waals surface area contributed by atoms with Crippen LogP contribution in [0.25, 0.3) is 0 Å². The van der Waals surface area contributed by atoms with E-state index in [1.165, 1.54) is 11.3 Å². The molecule has 0 atom stereocenters. The van der Waals surface area contributed by atoms with Gasteiger partial charge >= 0.3 is 0 Å². The number of aryl methyl sites for hydroxylation is 1. The highest BCUT2D eigenvalue weighted by Crippen LogP contribution is 2.20. The highest BCUT2D eigenvalue weighted by molar-refractivity contribution is 5.27. The van der Waals surface area contributed by atoms with E-state index in [2.05, 4.69) is 36.3 Å². The van der Waals surface area contributed by atoms with Gasteiger partial charge in [0.25, 0.3) is 0 Å². The smallest absolute Gasteiger partial charge is 0.0797 e. The number of rotatable bonds is 3. The van der Waals surface area contributed by atoms with Crippen molar-refractivity contribution in [1.29, 1.82) is 0 Å². The van der Waals surface area contributed by atoms with Crippen molar-refractivity contribution in [2.45, 2.75) is 33.2 Å². The molecule has 3 nitrogen and oxygen atoms in total. The lowest BCUT2D eigenvalue weighted by atomic mass is 10.0. The van der Waals surface area contributed by atoms with E-state index in [9.17, 15) is 0 Å². The Morgan fingerprint density at radius 1 is 1.50 bits per heavy atom. The van der Waals surface area contributed by atoms with Gasteiger partial charge in [-0.25, -0.2) is 0 Å². The molecule has 1 rings (SSSR count). The summed E-state index contributed by atoms with van der Waals surface area (Å²) in [6, 6.07) is 0. The van der Waals surface area contributed by atoms with Crippen LogP contribution in [-0.2, 0) is 6.54 Å². The maximum Gasteiger partial charge on any atom is 0.0797 e. The Kier molecular flexibility index (Phi) is 2.87. The normalized spacial score (nSPS) is 11.1. The van der Waals surface area contributed by atoms with Crippen molar-refractivity contribution >= 4 is 0 Å². The molecule has 0 saturated heterocycles. The van der Waals surface area contributed by atoms with Crippen molar-refractivity contribution < 1.29 is 0 Å². The number of hydrogen-bond donors (Lipinski definition) is 2. The largest absolute Gasteiger partial charge is 0.314 e. The van der Waals surface area contributed by atoms with Crippen LogP contribution in [0.5, 0.6) is 0 Å². The Hall–Kier alpha value is -0.830. The molecule has 0 unspecified atom stereocenters. The zero-order valence-corrected chi connectivity index (χ0v) is 8.23. The molecule has 1 heterocycles. The third-order valence-electron chi connectivity index (χ3n) is 2.00. The molecular formula is C9H17N3. The summed E-state index contributed by atoms with van der Waals surface area (Å²) in [5, 5.41) is 10.4. The Morgan fingerprint density at radius 2 is 2.17 bits per heavy atom. The van der Waals surface area contributed by atoms with Crippen LogP contribution >= 0.6 is 0 Å². The van der Waals surface area contributed by atoms with E-state index in [0.29, 0.717) is 5.92 Å². The summed E-state index contributed by atoms with van der Waals surface area (Å²) in [6.07, 6.45) is 0. The van der Waals surface area contributed by atoms with E-state index in [0.717, 1.165) is 12.2 Å². The zero-order chi connectivity index (χ0) is 9.14.